The van der Waals surface area contributed by atoms with Crippen LogP contribution in [0.3, 0.4) is 0 Å². The van der Waals surface area contributed by atoms with Crippen LogP contribution >= 0.6 is 0 Å². The molecule has 0 saturated carbocycles. The van der Waals surface area contributed by atoms with Gasteiger partial charge in [-0.15, -0.1) is 0 Å². The standard InChI is InChI=1S/C14H28N6O2S/c1-3-15-14(16-8-5-11-19-23(21,22)4-2)17-9-6-12-20-13-7-10-18-20/h7,10,13,19H,3-6,8-9,11-12H2,1-2H3,(H2,15,16,17). The zero-order chi connectivity index (χ0) is 17.0. The summed E-state index contributed by atoms with van der Waals surface area (Å²) < 4.78 is 27.0. The quantitative estimate of drug-likeness (QED) is 0.302. The van der Waals surface area contributed by atoms with E-state index >= 15 is 0 Å². The van der Waals surface area contributed by atoms with Crippen molar-refractivity contribution in [2.24, 2.45) is 4.99 Å². The number of aliphatic imine (C=N–C) groups is 1. The molecule has 0 saturated heterocycles. The van der Waals surface area contributed by atoms with Crippen molar-refractivity contribution in [1.29, 1.82) is 0 Å². The predicted molar refractivity (Wildman–Crippen MR) is 92.9 cm³/mol. The lowest BCUT2D eigenvalue weighted by molar-refractivity contribution is 0.578. The molecule has 1 heterocycles. The van der Waals surface area contributed by atoms with Gasteiger partial charge >= 0.3 is 0 Å². The molecule has 0 bridgehead atoms. The summed E-state index contributed by atoms with van der Waals surface area (Å²) in [7, 11) is -3.10. The Morgan fingerprint density at radius 3 is 2.70 bits per heavy atom. The zero-order valence-electron chi connectivity index (χ0n) is 14.0. The highest BCUT2D eigenvalue weighted by atomic mass is 32.2. The van der Waals surface area contributed by atoms with Gasteiger partial charge < -0.3 is 10.6 Å². The van der Waals surface area contributed by atoms with Crippen LogP contribution in [-0.2, 0) is 16.6 Å². The third-order valence-corrected chi connectivity index (χ3v) is 4.47. The maximum atomic E-state index is 11.3. The minimum absolute atomic E-state index is 0.112. The van der Waals surface area contributed by atoms with Gasteiger partial charge in [-0.3, -0.25) is 9.67 Å². The molecule has 1 aromatic heterocycles. The van der Waals surface area contributed by atoms with Crippen LogP contribution < -0.4 is 15.4 Å². The Morgan fingerprint density at radius 1 is 1.22 bits per heavy atom. The Hall–Kier alpha value is -1.61. The van der Waals surface area contributed by atoms with E-state index < -0.39 is 10.0 Å². The number of aryl methyl sites for hydroxylation is 1. The molecule has 23 heavy (non-hydrogen) atoms. The van der Waals surface area contributed by atoms with Crippen LogP contribution in [0.1, 0.15) is 26.7 Å². The number of sulfonamides is 1. The van der Waals surface area contributed by atoms with Crippen LogP contribution in [0.4, 0.5) is 0 Å². The second-order valence-electron chi connectivity index (χ2n) is 4.96. The molecule has 3 N–H and O–H groups in total. The molecule has 0 radical (unpaired) electrons. The van der Waals surface area contributed by atoms with E-state index in [9.17, 15) is 8.42 Å². The van der Waals surface area contributed by atoms with Gasteiger partial charge in [-0.05, 0) is 32.8 Å². The summed E-state index contributed by atoms with van der Waals surface area (Å²) in [5.41, 5.74) is 0. The largest absolute Gasteiger partial charge is 0.357 e. The molecule has 0 aliphatic carbocycles. The van der Waals surface area contributed by atoms with Crippen molar-refractivity contribution in [3.8, 4) is 0 Å². The minimum Gasteiger partial charge on any atom is -0.357 e. The number of rotatable bonds is 11. The van der Waals surface area contributed by atoms with Gasteiger partial charge in [0.1, 0.15) is 0 Å². The number of hydrogen-bond acceptors (Lipinski definition) is 4. The fourth-order valence-corrected chi connectivity index (χ4v) is 2.48. The predicted octanol–water partition coefficient (Wildman–Crippen LogP) is 0.158. The van der Waals surface area contributed by atoms with E-state index in [0.717, 1.165) is 25.5 Å². The lowest BCUT2D eigenvalue weighted by atomic mass is 10.4. The summed E-state index contributed by atoms with van der Waals surface area (Å²) in [5, 5.41) is 10.5. The van der Waals surface area contributed by atoms with Crippen molar-refractivity contribution in [2.75, 3.05) is 31.9 Å². The number of aromatic nitrogens is 2. The van der Waals surface area contributed by atoms with Crippen LogP contribution in [0.15, 0.2) is 23.5 Å². The normalized spacial score (nSPS) is 12.3. The van der Waals surface area contributed by atoms with Crippen LogP contribution in [-0.4, -0.2) is 56.1 Å². The van der Waals surface area contributed by atoms with Gasteiger partial charge in [-0.2, -0.15) is 5.10 Å². The van der Waals surface area contributed by atoms with E-state index in [1.165, 1.54) is 0 Å². The maximum Gasteiger partial charge on any atom is 0.211 e. The van der Waals surface area contributed by atoms with Crippen LogP contribution in [0.2, 0.25) is 0 Å². The van der Waals surface area contributed by atoms with Crippen LogP contribution in [0, 0.1) is 0 Å². The Balaban J connectivity index is 2.21. The van der Waals surface area contributed by atoms with Crippen LogP contribution in [0.5, 0.6) is 0 Å². The molecule has 132 valence electrons. The molecule has 1 rings (SSSR count). The van der Waals surface area contributed by atoms with E-state index in [1.807, 2.05) is 23.9 Å². The highest BCUT2D eigenvalue weighted by Gasteiger charge is 2.04. The fourth-order valence-electron chi connectivity index (χ4n) is 1.82. The summed E-state index contributed by atoms with van der Waals surface area (Å²) >= 11 is 0. The van der Waals surface area contributed by atoms with Gasteiger partial charge in [0.05, 0.1) is 5.75 Å². The molecular weight excluding hydrogens is 316 g/mol. The molecule has 0 aliphatic heterocycles. The van der Waals surface area contributed by atoms with E-state index in [2.05, 4.69) is 25.4 Å². The van der Waals surface area contributed by atoms with E-state index in [4.69, 9.17) is 0 Å². The average Bonchev–Trinajstić information content (AvgIpc) is 3.04. The van der Waals surface area contributed by atoms with E-state index in [0.29, 0.717) is 26.1 Å². The highest BCUT2D eigenvalue weighted by molar-refractivity contribution is 7.89. The highest BCUT2D eigenvalue weighted by Crippen LogP contribution is 1.90. The molecule has 0 unspecified atom stereocenters. The minimum atomic E-state index is -3.10. The van der Waals surface area contributed by atoms with Gasteiger partial charge in [0.25, 0.3) is 0 Å². The third kappa shape index (κ3) is 9.19. The molecule has 0 aromatic carbocycles. The second kappa shape index (κ2) is 11.0. The average molecular weight is 344 g/mol. The Labute approximate surface area is 138 Å². The number of nitrogens with one attached hydrogen (secondary N) is 3. The van der Waals surface area contributed by atoms with Crippen molar-refractivity contribution in [1.82, 2.24) is 25.1 Å². The third-order valence-electron chi connectivity index (χ3n) is 3.07. The number of hydrogen-bond donors (Lipinski definition) is 3. The van der Waals surface area contributed by atoms with Crippen molar-refractivity contribution in [3.05, 3.63) is 18.5 Å². The molecule has 9 heteroatoms. The molecular formula is C14H28N6O2S. The van der Waals surface area contributed by atoms with E-state index in [-0.39, 0.29) is 5.75 Å². The molecule has 0 aliphatic rings. The summed E-state index contributed by atoms with van der Waals surface area (Å²) in [5.74, 6) is 0.868. The number of guanidine groups is 1. The first-order chi connectivity index (χ1) is 11.1. The Bertz CT molecular complexity index is 542. The zero-order valence-corrected chi connectivity index (χ0v) is 14.8. The topological polar surface area (TPSA) is 100 Å². The van der Waals surface area contributed by atoms with Gasteiger partial charge in [0.2, 0.25) is 10.0 Å². The first kappa shape index (κ1) is 19.4. The molecule has 0 spiro atoms. The summed E-state index contributed by atoms with van der Waals surface area (Å²) in [4.78, 5) is 4.49. The monoisotopic (exact) mass is 344 g/mol. The number of nitrogens with zero attached hydrogens (tertiary/aromatic N) is 3. The van der Waals surface area contributed by atoms with Crippen molar-refractivity contribution in [3.63, 3.8) is 0 Å². The van der Waals surface area contributed by atoms with E-state index in [1.54, 1.807) is 13.1 Å². The summed E-state index contributed by atoms with van der Waals surface area (Å²) in [6, 6.07) is 1.90. The first-order valence-electron chi connectivity index (χ1n) is 8.04. The van der Waals surface area contributed by atoms with Gasteiger partial charge in [-0.1, -0.05) is 0 Å². The molecule has 8 nitrogen and oxygen atoms in total. The van der Waals surface area contributed by atoms with Crippen molar-refractivity contribution in [2.45, 2.75) is 33.2 Å². The van der Waals surface area contributed by atoms with Crippen molar-refractivity contribution >= 4 is 16.0 Å². The Morgan fingerprint density at radius 2 is 2.04 bits per heavy atom. The fraction of sp³-hybridized carbons (Fsp3) is 0.714. The van der Waals surface area contributed by atoms with Crippen molar-refractivity contribution < 1.29 is 8.42 Å². The molecule has 0 atom stereocenters. The smallest absolute Gasteiger partial charge is 0.211 e. The SMILES string of the molecule is CCNC(=NCCCn1cccn1)NCCCNS(=O)(=O)CC. The molecule has 0 fully saturated rings. The second-order valence-corrected chi connectivity index (χ2v) is 7.06. The molecule has 0 amide bonds. The first-order valence-corrected chi connectivity index (χ1v) is 9.69. The van der Waals surface area contributed by atoms with Gasteiger partial charge in [-0.25, -0.2) is 13.1 Å². The van der Waals surface area contributed by atoms with Gasteiger partial charge in [0.15, 0.2) is 5.96 Å². The lowest BCUT2D eigenvalue weighted by Crippen LogP contribution is -2.39. The lowest BCUT2D eigenvalue weighted by Gasteiger charge is -2.11. The Kier molecular flexibility index (Phi) is 9.30. The summed E-state index contributed by atoms with van der Waals surface area (Å²) in [6.45, 7) is 7.06. The molecule has 1 aromatic rings. The maximum absolute atomic E-state index is 11.3. The van der Waals surface area contributed by atoms with Gasteiger partial charge in [0, 0.05) is 45.1 Å². The van der Waals surface area contributed by atoms with Crippen LogP contribution in [0.25, 0.3) is 0 Å². The summed E-state index contributed by atoms with van der Waals surface area (Å²) in [6.07, 6.45) is 5.32.